The van der Waals surface area contributed by atoms with Crippen molar-refractivity contribution in [3.05, 3.63) is 34.9 Å². The number of fused-ring (bicyclic) bond motifs is 1. The van der Waals surface area contributed by atoms with Crippen LogP contribution >= 0.6 is 11.8 Å². The molecule has 1 heterocycles. The van der Waals surface area contributed by atoms with Crippen molar-refractivity contribution in [1.29, 1.82) is 0 Å². The molecule has 0 saturated carbocycles. The van der Waals surface area contributed by atoms with Gasteiger partial charge in [0.2, 0.25) is 0 Å². The van der Waals surface area contributed by atoms with Crippen LogP contribution < -0.4 is 5.32 Å². The van der Waals surface area contributed by atoms with Gasteiger partial charge in [0.15, 0.2) is 0 Å². The molecule has 2 rings (SSSR count). The highest BCUT2D eigenvalue weighted by molar-refractivity contribution is 7.99. The van der Waals surface area contributed by atoms with Crippen LogP contribution in [0.4, 0.5) is 8.78 Å². The molecule has 0 fully saturated rings. The van der Waals surface area contributed by atoms with Gasteiger partial charge in [0.05, 0.1) is 0 Å². The van der Waals surface area contributed by atoms with Gasteiger partial charge in [0.25, 0.3) is 0 Å². The molecule has 0 bridgehead atoms. The molecule has 2 atom stereocenters. The average Bonchev–Trinajstić information content (AvgIpc) is 2.45. The summed E-state index contributed by atoms with van der Waals surface area (Å²) >= 11 is 1.69. The Kier molecular flexibility index (Phi) is 4.05. The lowest BCUT2D eigenvalue weighted by Crippen LogP contribution is -2.24. The van der Waals surface area contributed by atoms with Crippen LogP contribution in [0.25, 0.3) is 0 Å². The Morgan fingerprint density at radius 2 is 2.06 bits per heavy atom. The summed E-state index contributed by atoms with van der Waals surface area (Å²) in [6, 6.07) is 2.39. The number of thioether (sulfide) groups is 1. The van der Waals surface area contributed by atoms with Crippen LogP contribution in [0.5, 0.6) is 0 Å². The van der Waals surface area contributed by atoms with E-state index in [4.69, 9.17) is 0 Å². The van der Waals surface area contributed by atoms with Gasteiger partial charge in [-0.1, -0.05) is 13.8 Å². The van der Waals surface area contributed by atoms with E-state index >= 15 is 0 Å². The van der Waals surface area contributed by atoms with Crippen LogP contribution in [0.2, 0.25) is 0 Å². The summed E-state index contributed by atoms with van der Waals surface area (Å²) < 4.78 is 27.7. The predicted molar refractivity (Wildman–Crippen MR) is 68.1 cm³/mol. The van der Waals surface area contributed by atoms with E-state index in [9.17, 15) is 8.78 Å². The van der Waals surface area contributed by atoms with Gasteiger partial charge >= 0.3 is 0 Å². The summed E-state index contributed by atoms with van der Waals surface area (Å²) in [7, 11) is 0. The van der Waals surface area contributed by atoms with Crippen LogP contribution in [-0.4, -0.2) is 11.8 Å². The predicted octanol–water partition coefficient (Wildman–Crippen LogP) is 3.64. The zero-order valence-electron chi connectivity index (χ0n) is 10.1. The number of rotatable bonds is 2. The zero-order chi connectivity index (χ0) is 12.4. The molecule has 0 saturated heterocycles. The summed E-state index contributed by atoms with van der Waals surface area (Å²) in [5, 5.41) is 3.67. The number of halogens is 2. The van der Waals surface area contributed by atoms with Crippen molar-refractivity contribution in [2.45, 2.75) is 37.3 Å². The van der Waals surface area contributed by atoms with Gasteiger partial charge in [-0.05, 0) is 25.1 Å². The van der Waals surface area contributed by atoms with Gasteiger partial charge in [0.1, 0.15) is 11.6 Å². The molecule has 1 N–H and O–H groups in total. The highest BCUT2D eigenvalue weighted by Crippen LogP contribution is 2.37. The van der Waals surface area contributed by atoms with Crippen molar-refractivity contribution in [2.75, 3.05) is 6.54 Å². The van der Waals surface area contributed by atoms with Crippen LogP contribution in [-0.2, 0) is 5.75 Å². The third kappa shape index (κ3) is 2.63. The minimum absolute atomic E-state index is 0.0734. The first-order valence-corrected chi connectivity index (χ1v) is 7.00. The lowest BCUT2D eigenvalue weighted by atomic mass is 9.96. The van der Waals surface area contributed by atoms with E-state index in [-0.39, 0.29) is 17.7 Å². The monoisotopic (exact) mass is 257 g/mol. The fourth-order valence-electron chi connectivity index (χ4n) is 2.31. The lowest BCUT2D eigenvalue weighted by molar-refractivity contribution is 0.478. The highest BCUT2D eigenvalue weighted by atomic mass is 32.2. The molecule has 1 aliphatic heterocycles. The van der Waals surface area contributed by atoms with Gasteiger partial charge in [-0.25, -0.2) is 8.78 Å². The minimum Gasteiger partial charge on any atom is -0.310 e. The molecule has 2 unspecified atom stereocenters. The van der Waals surface area contributed by atoms with Crippen molar-refractivity contribution in [3.8, 4) is 0 Å². The van der Waals surface area contributed by atoms with Crippen LogP contribution in [0.3, 0.4) is 0 Å². The molecule has 4 heteroatoms. The smallest absolute Gasteiger partial charge is 0.128 e. The fraction of sp³-hybridized carbons (Fsp3) is 0.538. The second-order valence-electron chi connectivity index (χ2n) is 4.39. The van der Waals surface area contributed by atoms with E-state index in [1.54, 1.807) is 11.8 Å². The normalized spacial score (nSPS) is 24.2. The van der Waals surface area contributed by atoms with E-state index in [1.807, 2.05) is 6.92 Å². The molecule has 0 radical (unpaired) electrons. The molecule has 17 heavy (non-hydrogen) atoms. The summed E-state index contributed by atoms with van der Waals surface area (Å²) in [6.07, 6.45) is 0.839. The van der Waals surface area contributed by atoms with Crippen molar-refractivity contribution in [2.24, 2.45) is 0 Å². The largest absolute Gasteiger partial charge is 0.310 e. The Hall–Kier alpha value is -0.610. The third-order valence-electron chi connectivity index (χ3n) is 3.13. The lowest BCUT2D eigenvalue weighted by Gasteiger charge is -2.20. The molecule has 1 aromatic carbocycles. The summed E-state index contributed by atoms with van der Waals surface area (Å²) in [5.74, 6) is -0.0184. The Labute approximate surface area is 105 Å². The van der Waals surface area contributed by atoms with Gasteiger partial charge in [-0.3, -0.25) is 0 Å². The van der Waals surface area contributed by atoms with Crippen molar-refractivity contribution in [1.82, 2.24) is 5.32 Å². The fourth-order valence-corrected chi connectivity index (χ4v) is 3.38. The molecule has 94 valence electrons. The first kappa shape index (κ1) is 12.8. The van der Waals surface area contributed by atoms with Gasteiger partial charge in [-0.15, -0.1) is 0 Å². The summed E-state index contributed by atoms with van der Waals surface area (Å²) in [4.78, 5) is 0. The highest BCUT2D eigenvalue weighted by Gasteiger charge is 2.27. The van der Waals surface area contributed by atoms with Crippen molar-refractivity contribution < 1.29 is 8.78 Å². The van der Waals surface area contributed by atoms with Gasteiger partial charge < -0.3 is 5.32 Å². The minimum atomic E-state index is -0.290. The SMILES string of the molecule is CCNC1CC(C)SCc2c(F)ccc(F)c21. The maximum absolute atomic E-state index is 13.9. The van der Waals surface area contributed by atoms with Crippen LogP contribution in [0.1, 0.15) is 37.4 Å². The standard InChI is InChI=1S/C13H17F2NS/c1-3-16-12-6-8(2)17-7-9-10(14)4-5-11(15)13(9)12/h4-5,8,12,16H,3,6-7H2,1-2H3. The Bertz CT molecular complexity index is 409. The van der Waals surface area contributed by atoms with Gasteiger partial charge in [-0.2, -0.15) is 11.8 Å². The topological polar surface area (TPSA) is 12.0 Å². The van der Waals surface area contributed by atoms with E-state index in [1.165, 1.54) is 12.1 Å². The molecule has 0 spiro atoms. The number of nitrogens with one attached hydrogen (secondary N) is 1. The molecular weight excluding hydrogens is 240 g/mol. The quantitative estimate of drug-likeness (QED) is 0.868. The first-order valence-electron chi connectivity index (χ1n) is 5.95. The van der Waals surface area contributed by atoms with Crippen molar-refractivity contribution in [3.63, 3.8) is 0 Å². The van der Waals surface area contributed by atoms with E-state index in [0.29, 0.717) is 22.1 Å². The second-order valence-corrected chi connectivity index (χ2v) is 5.82. The maximum Gasteiger partial charge on any atom is 0.128 e. The number of hydrogen-bond acceptors (Lipinski definition) is 2. The summed E-state index contributed by atoms with van der Waals surface area (Å²) in [6.45, 7) is 4.85. The summed E-state index contributed by atoms with van der Waals surface area (Å²) in [5.41, 5.74) is 1.06. The molecule has 1 aliphatic rings. The van der Waals surface area contributed by atoms with E-state index in [2.05, 4.69) is 12.2 Å². The molecule has 1 nitrogen and oxygen atoms in total. The van der Waals surface area contributed by atoms with Crippen molar-refractivity contribution >= 4 is 11.8 Å². The third-order valence-corrected chi connectivity index (χ3v) is 4.34. The van der Waals surface area contributed by atoms with E-state index < -0.39 is 0 Å². The van der Waals surface area contributed by atoms with Gasteiger partial charge in [0, 0.05) is 28.2 Å². The van der Waals surface area contributed by atoms with E-state index in [0.717, 1.165) is 13.0 Å². The number of benzene rings is 1. The molecular formula is C13H17F2NS. The second kappa shape index (κ2) is 5.36. The Morgan fingerprint density at radius 3 is 2.76 bits per heavy atom. The van der Waals surface area contributed by atoms with Crippen LogP contribution in [0.15, 0.2) is 12.1 Å². The maximum atomic E-state index is 13.9. The zero-order valence-corrected chi connectivity index (χ0v) is 10.9. The van der Waals surface area contributed by atoms with Crippen LogP contribution in [0, 0.1) is 11.6 Å². The molecule has 0 amide bonds. The number of hydrogen-bond donors (Lipinski definition) is 1. The Morgan fingerprint density at radius 1 is 1.35 bits per heavy atom. The molecule has 0 aliphatic carbocycles. The molecule has 1 aromatic rings. The average molecular weight is 257 g/mol. The molecule has 0 aromatic heterocycles. The first-order chi connectivity index (χ1) is 8.13. The Balaban J connectivity index is 2.47.